The Balaban J connectivity index is 1.47. The molecule has 2 heterocycles. The smallest absolute Gasteiger partial charge is 0.414 e. The quantitative estimate of drug-likeness (QED) is 0.714. The molecule has 0 bridgehead atoms. The summed E-state index contributed by atoms with van der Waals surface area (Å²) in [6, 6.07) is 10.5. The van der Waals surface area contributed by atoms with Gasteiger partial charge in [0.25, 0.3) is 5.91 Å². The van der Waals surface area contributed by atoms with E-state index in [-0.39, 0.29) is 12.1 Å². The summed E-state index contributed by atoms with van der Waals surface area (Å²) in [5, 5.41) is 2.72. The lowest BCUT2D eigenvalue weighted by atomic mass is 10.1. The lowest BCUT2D eigenvalue weighted by molar-refractivity contribution is 0.0950. The highest BCUT2D eigenvalue weighted by Gasteiger charge is 2.29. The highest BCUT2D eigenvalue weighted by Crippen LogP contribution is 2.24. The number of benzene rings is 2. The number of hydrogen-bond acceptors (Lipinski definition) is 5. The molecule has 0 spiro atoms. The number of carbonyl (C=O) groups excluding carboxylic acids is 2. The number of nitrogens with zero attached hydrogens (tertiary/aromatic N) is 2. The maximum Gasteiger partial charge on any atom is 0.414 e. The Bertz CT molecular complexity index is 1130. The van der Waals surface area contributed by atoms with Gasteiger partial charge in [0.2, 0.25) is 10.0 Å². The van der Waals surface area contributed by atoms with Crippen LogP contribution in [0.5, 0.6) is 0 Å². The molecule has 0 atom stereocenters. The first kappa shape index (κ1) is 22.2. The second-order valence-electron chi connectivity index (χ2n) is 7.73. The van der Waals surface area contributed by atoms with E-state index in [0.717, 1.165) is 37.0 Å². The number of carbonyl (C=O) groups is 2. The van der Waals surface area contributed by atoms with E-state index in [1.165, 1.54) is 15.3 Å². The van der Waals surface area contributed by atoms with Gasteiger partial charge in [-0.15, -0.1) is 0 Å². The number of rotatable bonds is 6. The predicted molar refractivity (Wildman–Crippen MR) is 115 cm³/mol. The van der Waals surface area contributed by atoms with Crippen molar-refractivity contribution in [1.29, 1.82) is 0 Å². The van der Waals surface area contributed by atoms with Crippen molar-refractivity contribution >= 4 is 27.7 Å². The van der Waals surface area contributed by atoms with Crippen molar-refractivity contribution in [2.24, 2.45) is 0 Å². The van der Waals surface area contributed by atoms with E-state index in [1.807, 2.05) is 0 Å². The number of piperidine rings is 1. The second kappa shape index (κ2) is 9.25. The van der Waals surface area contributed by atoms with Crippen molar-refractivity contribution in [3.05, 3.63) is 59.4 Å². The second-order valence-corrected chi connectivity index (χ2v) is 9.63. The molecule has 0 aliphatic carbocycles. The van der Waals surface area contributed by atoms with Crippen molar-refractivity contribution in [2.45, 2.75) is 30.7 Å². The summed E-state index contributed by atoms with van der Waals surface area (Å²) in [6.07, 6.45) is 1.99. The van der Waals surface area contributed by atoms with Gasteiger partial charge in [-0.3, -0.25) is 9.69 Å². The normalized spacial score (nSPS) is 17.3. The standard InChI is InChI=1S/C22H24FN3O5S/c23-19-8-7-17(14-20(19)32(29,30)25-9-2-1-3-10-25)21(27)24-15-16-5-4-6-18(13-16)26-11-12-31-22(26)28/h4-8,13-14H,1-3,9-12,15H2,(H,24,27). The Morgan fingerprint density at radius 3 is 2.56 bits per heavy atom. The number of anilines is 1. The number of cyclic esters (lactones) is 1. The molecule has 2 aliphatic rings. The summed E-state index contributed by atoms with van der Waals surface area (Å²) in [5.41, 5.74) is 1.47. The molecule has 2 aromatic carbocycles. The van der Waals surface area contributed by atoms with Gasteiger partial charge in [0.1, 0.15) is 17.3 Å². The molecule has 0 aromatic heterocycles. The monoisotopic (exact) mass is 461 g/mol. The summed E-state index contributed by atoms with van der Waals surface area (Å²) in [5.74, 6) is -1.40. The zero-order chi connectivity index (χ0) is 22.7. The number of sulfonamides is 1. The molecule has 0 saturated carbocycles. The highest BCUT2D eigenvalue weighted by molar-refractivity contribution is 7.89. The third-order valence-corrected chi connectivity index (χ3v) is 7.48. The zero-order valence-electron chi connectivity index (χ0n) is 17.4. The van der Waals surface area contributed by atoms with Gasteiger partial charge in [0.05, 0.1) is 6.54 Å². The van der Waals surface area contributed by atoms with Crippen LogP contribution in [0.25, 0.3) is 0 Å². The van der Waals surface area contributed by atoms with E-state index in [2.05, 4.69) is 5.32 Å². The third kappa shape index (κ3) is 4.61. The molecule has 1 N–H and O–H groups in total. The molecule has 2 saturated heterocycles. The molecule has 0 radical (unpaired) electrons. The summed E-state index contributed by atoms with van der Waals surface area (Å²) >= 11 is 0. The van der Waals surface area contributed by atoms with E-state index < -0.39 is 32.7 Å². The maximum atomic E-state index is 14.4. The number of hydrogen-bond donors (Lipinski definition) is 1. The average molecular weight is 462 g/mol. The van der Waals surface area contributed by atoms with Crippen LogP contribution in [0.15, 0.2) is 47.4 Å². The van der Waals surface area contributed by atoms with Crippen LogP contribution in [-0.4, -0.2) is 51.0 Å². The van der Waals surface area contributed by atoms with Gasteiger partial charge in [0, 0.05) is 30.9 Å². The summed E-state index contributed by atoms with van der Waals surface area (Å²) in [7, 11) is -4.01. The molecule has 2 aliphatic heterocycles. The van der Waals surface area contributed by atoms with Crippen molar-refractivity contribution in [2.75, 3.05) is 31.1 Å². The minimum atomic E-state index is -4.01. The molecule has 170 valence electrons. The molecule has 2 fully saturated rings. The van der Waals surface area contributed by atoms with Gasteiger partial charge in [-0.25, -0.2) is 17.6 Å². The SMILES string of the molecule is O=C(NCc1cccc(N2CCOC2=O)c1)c1ccc(F)c(S(=O)(=O)N2CCCCC2)c1. The van der Waals surface area contributed by atoms with Crippen LogP contribution >= 0.6 is 0 Å². The largest absolute Gasteiger partial charge is 0.447 e. The van der Waals surface area contributed by atoms with Gasteiger partial charge in [-0.1, -0.05) is 18.6 Å². The Morgan fingerprint density at radius 2 is 1.84 bits per heavy atom. The molecule has 2 amide bonds. The number of ether oxygens (including phenoxy) is 1. The fraction of sp³-hybridized carbons (Fsp3) is 0.364. The molecule has 2 aromatic rings. The fourth-order valence-corrected chi connectivity index (χ4v) is 5.44. The number of nitrogens with one attached hydrogen (secondary N) is 1. The summed E-state index contributed by atoms with van der Waals surface area (Å²) in [6.45, 7) is 1.63. The van der Waals surface area contributed by atoms with Crippen molar-refractivity contribution in [3.63, 3.8) is 0 Å². The number of amides is 2. The molecule has 32 heavy (non-hydrogen) atoms. The van der Waals surface area contributed by atoms with Crippen LogP contribution in [0.4, 0.5) is 14.9 Å². The topological polar surface area (TPSA) is 96.0 Å². The average Bonchev–Trinajstić information content (AvgIpc) is 3.24. The summed E-state index contributed by atoms with van der Waals surface area (Å²) in [4.78, 5) is 25.4. The first-order chi connectivity index (χ1) is 15.4. The van der Waals surface area contributed by atoms with Crippen LogP contribution in [0.2, 0.25) is 0 Å². The Morgan fingerprint density at radius 1 is 1.06 bits per heavy atom. The lowest BCUT2D eigenvalue weighted by Gasteiger charge is -2.26. The van der Waals surface area contributed by atoms with Crippen LogP contribution in [0, 0.1) is 5.82 Å². The van der Waals surface area contributed by atoms with Crippen molar-refractivity contribution in [1.82, 2.24) is 9.62 Å². The van der Waals surface area contributed by atoms with Crippen LogP contribution < -0.4 is 10.2 Å². The van der Waals surface area contributed by atoms with Gasteiger partial charge in [-0.05, 0) is 48.7 Å². The van der Waals surface area contributed by atoms with E-state index in [9.17, 15) is 22.4 Å². The summed E-state index contributed by atoms with van der Waals surface area (Å²) < 4.78 is 46.3. The maximum absolute atomic E-state index is 14.4. The minimum absolute atomic E-state index is 0.0567. The van der Waals surface area contributed by atoms with Gasteiger partial charge < -0.3 is 10.1 Å². The molecule has 0 unspecified atom stereocenters. The molecular formula is C22H24FN3O5S. The first-order valence-electron chi connectivity index (χ1n) is 10.5. The van der Waals surface area contributed by atoms with E-state index in [4.69, 9.17) is 4.74 Å². The zero-order valence-corrected chi connectivity index (χ0v) is 18.2. The molecular weight excluding hydrogens is 437 g/mol. The number of halogens is 1. The predicted octanol–water partition coefficient (Wildman–Crippen LogP) is 2.89. The Hall–Kier alpha value is -2.98. The van der Waals surface area contributed by atoms with Crippen LogP contribution in [0.3, 0.4) is 0 Å². The minimum Gasteiger partial charge on any atom is -0.447 e. The first-order valence-corrected chi connectivity index (χ1v) is 11.9. The third-order valence-electron chi connectivity index (χ3n) is 5.56. The Labute approximate surface area is 186 Å². The van der Waals surface area contributed by atoms with Crippen molar-refractivity contribution < 1.29 is 27.1 Å². The fourth-order valence-electron chi connectivity index (χ4n) is 3.83. The molecule has 8 nitrogen and oxygen atoms in total. The van der Waals surface area contributed by atoms with E-state index in [0.29, 0.717) is 31.9 Å². The molecule has 10 heteroatoms. The Kier molecular flexibility index (Phi) is 6.43. The van der Waals surface area contributed by atoms with E-state index >= 15 is 0 Å². The van der Waals surface area contributed by atoms with Gasteiger partial charge >= 0.3 is 6.09 Å². The molecule has 4 rings (SSSR count). The van der Waals surface area contributed by atoms with Gasteiger partial charge in [0.15, 0.2) is 0 Å². The van der Waals surface area contributed by atoms with Gasteiger partial charge in [-0.2, -0.15) is 4.31 Å². The van der Waals surface area contributed by atoms with Crippen LogP contribution in [-0.2, 0) is 21.3 Å². The van der Waals surface area contributed by atoms with Crippen LogP contribution in [0.1, 0.15) is 35.2 Å². The highest BCUT2D eigenvalue weighted by atomic mass is 32.2. The van der Waals surface area contributed by atoms with Crippen molar-refractivity contribution in [3.8, 4) is 0 Å². The van der Waals surface area contributed by atoms with E-state index in [1.54, 1.807) is 24.3 Å². The lowest BCUT2D eigenvalue weighted by Crippen LogP contribution is -2.36.